The SMILES string of the molecule is Cc1cn2c(-c3cnn(CC(=O)Nc4cccc(F)c4F)c3)cnc2c(Nc2cc(CN3CCCC(CI)C3)ns2)n1. The summed E-state index contributed by atoms with van der Waals surface area (Å²) in [6.45, 7) is 4.80. The Labute approximate surface area is 258 Å². The zero-order chi connectivity index (χ0) is 29.2. The van der Waals surface area contributed by atoms with Crippen molar-refractivity contribution in [2.75, 3.05) is 28.2 Å². The van der Waals surface area contributed by atoms with Crippen molar-refractivity contribution >= 4 is 62.2 Å². The molecule has 0 aliphatic carbocycles. The van der Waals surface area contributed by atoms with Crippen molar-refractivity contribution in [2.24, 2.45) is 5.92 Å². The molecule has 1 fully saturated rings. The zero-order valence-corrected chi connectivity index (χ0v) is 25.7. The number of alkyl halides is 1. The zero-order valence-electron chi connectivity index (χ0n) is 22.7. The number of aryl methyl sites for hydroxylation is 1. The molecule has 6 rings (SSSR count). The molecule has 1 aromatic carbocycles. The minimum Gasteiger partial charge on any atom is -0.328 e. The number of hydrogen-bond acceptors (Lipinski definition) is 8. The lowest BCUT2D eigenvalue weighted by atomic mass is 10.0. The molecule has 4 aromatic heterocycles. The number of imidazole rings is 1. The fourth-order valence-electron chi connectivity index (χ4n) is 5.14. The largest absolute Gasteiger partial charge is 0.328 e. The van der Waals surface area contributed by atoms with Crippen LogP contribution in [0.5, 0.6) is 0 Å². The van der Waals surface area contributed by atoms with E-state index in [0.717, 1.165) is 59.3 Å². The number of carbonyl (C=O) groups is 1. The molecule has 1 aliphatic rings. The lowest BCUT2D eigenvalue weighted by Gasteiger charge is -2.31. The van der Waals surface area contributed by atoms with Gasteiger partial charge in [-0.1, -0.05) is 28.7 Å². The highest BCUT2D eigenvalue weighted by Crippen LogP contribution is 2.29. The summed E-state index contributed by atoms with van der Waals surface area (Å²) in [4.78, 5) is 24.2. The second-order valence-corrected chi connectivity index (χ2v) is 12.0. The third-order valence-electron chi connectivity index (χ3n) is 7.08. The molecule has 2 N–H and O–H groups in total. The summed E-state index contributed by atoms with van der Waals surface area (Å²) in [5, 5.41) is 11.0. The number of hydrogen-bond donors (Lipinski definition) is 2. The lowest BCUT2D eigenvalue weighted by molar-refractivity contribution is -0.116. The van der Waals surface area contributed by atoms with Crippen molar-refractivity contribution < 1.29 is 13.6 Å². The Hall–Kier alpha value is -3.50. The Morgan fingerprint density at radius 2 is 2.12 bits per heavy atom. The molecule has 0 bridgehead atoms. The molecular weight excluding hydrogens is 675 g/mol. The highest BCUT2D eigenvalue weighted by molar-refractivity contribution is 14.1. The van der Waals surface area contributed by atoms with Gasteiger partial charge in [0.25, 0.3) is 0 Å². The second kappa shape index (κ2) is 12.4. The number of amides is 1. The second-order valence-electron chi connectivity index (χ2n) is 10.3. The third kappa shape index (κ3) is 6.29. The van der Waals surface area contributed by atoms with Crippen molar-refractivity contribution in [1.82, 2.24) is 33.4 Å². The van der Waals surface area contributed by atoms with Crippen LogP contribution in [-0.2, 0) is 17.9 Å². The van der Waals surface area contributed by atoms with Crippen molar-refractivity contribution in [3.05, 3.63) is 72.1 Å². The summed E-state index contributed by atoms with van der Waals surface area (Å²) in [7, 11) is 0. The van der Waals surface area contributed by atoms with E-state index in [4.69, 9.17) is 0 Å². The molecular formula is C28H28F2IN9OS. The summed E-state index contributed by atoms with van der Waals surface area (Å²) < 4.78 is 36.6. The van der Waals surface area contributed by atoms with Crippen LogP contribution in [0.1, 0.15) is 24.2 Å². The topological polar surface area (TPSA) is 105 Å². The molecule has 0 radical (unpaired) electrons. The van der Waals surface area contributed by atoms with Gasteiger partial charge >= 0.3 is 0 Å². The number of benzene rings is 1. The normalized spacial score (nSPS) is 15.8. The number of carbonyl (C=O) groups excluding carboxylic acids is 1. The lowest BCUT2D eigenvalue weighted by Crippen LogP contribution is -2.35. The first-order valence-corrected chi connectivity index (χ1v) is 15.8. The fraction of sp³-hybridized carbons (Fsp3) is 0.321. The minimum atomic E-state index is -1.10. The van der Waals surface area contributed by atoms with Gasteiger partial charge in [-0.05, 0) is 62.0 Å². The summed E-state index contributed by atoms with van der Waals surface area (Å²) in [6, 6.07) is 5.70. The first-order valence-electron chi connectivity index (χ1n) is 13.5. The number of nitrogens with one attached hydrogen (secondary N) is 2. The van der Waals surface area contributed by atoms with Gasteiger partial charge in [-0.25, -0.2) is 18.7 Å². The fourth-order valence-corrected chi connectivity index (χ4v) is 6.51. The van der Waals surface area contributed by atoms with E-state index in [0.29, 0.717) is 11.5 Å². The summed E-state index contributed by atoms with van der Waals surface area (Å²) in [5.41, 5.74) is 3.74. The molecule has 1 saturated heterocycles. The van der Waals surface area contributed by atoms with E-state index in [1.165, 1.54) is 45.6 Å². The molecule has 5 heterocycles. The predicted octanol–water partition coefficient (Wildman–Crippen LogP) is 5.67. The van der Waals surface area contributed by atoms with E-state index in [9.17, 15) is 13.6 Å². The van der Waals surface area contributed by atoms with Gasteiger partial charge in [-0.15, -0.1) is 0 Å². The number of halogens is 3. The van der Waals surface area contributed by atoms with Gasteiger partial charge in [-0.2, -0.15) is 9.47 Å². The van der Waals surface area contributed by atoms with Gasteiger partial charge < -0.3 is 10.6 Å². The Bertz CT molecular complexity index is 1740. The molecule has 1 unspecified atom stereocenters. The number of anilines is 3. The summed E-state index contributed by atoms with van der Waals surface area (Å²) in [5.74, 6) is -1.30. The molecule has 14 heteroatoms. The molecule has 1 atom stereocenters. The molecule has 218 valence electrons. The van der Waals surface area contributed by atoms with Crippen LogP contribution in [0, 0.1) is 24.5 Å². The van der Waals surface area contributed by atoms with Gasteiger partial charge in [0.1, 0.15) is 11.5 Å². The predicted molar refractivity (Wildman–Crippen MR) is 166 cm³/mol. The Morgan fingerprint density at radius 1 is 1.24 bits per heavy atom. The standard InChI is InChI=1S/C28H28F2IN9OS/c1-17-12-40-23(19-10-33-39(14-19)16-24(41)35-22-6-2-5-21(29)26(22)30)11-32-28(40)27(34-17)36-25-8-20(37-42-25)15-38-7-3-4-18(9-31)13-38/h2,5-6,8,10-12,14,18H,3-4,7,9,13,15-16H2,1H3,(H,34,36)(H,35,41). The minimum absolute atomic E-state index is 0.177. The monoisotopic (exact) mass is 703 g/mol. The van der Waals surface area contributed by atoms with E-state index in [1.54, 1.807) is 18.6 Å². The third-order valence-corrected chi connectivity index (χ3v) is 9.07. The van der Waals surface area contributed by atoms with Crippen molar-refractivity contribution in [2.45, 2.75) is 32.9 Å². The average molecular weight is 704 g/mol. The average Bonchev–Trinajstić information content (AvgIpc) is 3.72. The van der Waals surface area contributed by atoms with Crippen LogP contribution in [0.2, 0.25) is 0 Å². The van der Waals surface area contributed by atoms with E-state index < -0.39 is 17.5 Å². The number of aromatic nitrogens is 6. The van der Waals surface area contributed by atoms with E-state index in [1.807, 2.05) is 17.5 Å². The van der Waals surface area contributed by atoms with Crippen molar-refractivity contribution in [3.8, 4) is 11.3 Å². The van der Waals surface area contributed by atoms with Crippen LogP contribution in [0.3, 0.4) is 0 Å². The van der Waals surface area contributed by atoms with Crippen LogP contribution < -0.4 is 10.6 Å². The van der Waals surface area contributed by atoms with Gasteiger partial charge in [-0.3, -0.25) is 18.8 Å². The maximum absolute atomic E-state index is 13.9. The van der Waals surface area contributed by atoms with Crippen molar-refractivity contribution in [1.29, 1.82) is 0 Å². The molecule has 42 heavy (non-hydrogen) atoms. The number of fused-ring (bicyclic) bond motifs is 1. The number of rotatable bonds is 9. The quantitative estimate of drug-likeness (QED) is 0.151. The Kier molecular flexibility index (Phi) is 8.44. The maximum Gasteiger partial charge on any atom is 0.246 e. The van der Waals surface area contributed by atoms with Gasteiger partial charge in [0, 0.05) is 35.5 Å². The highest BCUT2D eigenvalue weighted by atomic mass is 127. The first kappa shape index (κ1) is 28.6. The smallest absolute Gasteiger partial charge is 0.246 e. The Balaban J connectivity index is 1.16. The maximum atomic E-state index is 13.9. The summed E-state index contributed by atoms with van der Waals surface area (Å²) >= 11 is 3.89. The van der Waals surface area contributed by atoms with Gasteiger partial charge in [0.15, 0.2) is 23.1 Å². The molecule has 10 nitrogen and oxygen atoms in total. The first-order chi connectivity index (χ1) is 20.4. The molecule has 1 aliphatic heterocycles. The molecule has 0 spiro atoms. The van der Waals surface area contributed by atoms with Gasteiger partial charge in [0.2, 0.25) is 5.91 Å². The van der Waals surface area contributed by atoms with E-state index >= 15 is 0 Å². The van der Waals surface area contributed by atoms with Crippen LogP contribution in [-0.4, -0.2) is 56.8 Å². The van der Waals surface area contributed by atoms with Crippen LogP contribution >= 0.6 is 34.1 Å². The Morgan fingerprint density at radius 3 is 2.98 bits per heavy atom. The summed E-state index contributed by atoms with van der Waals surface area (Å²) in [6.07, 6.45) is 9.48. The van der Waals surface area contributed by atoms with Crippen LogP contribution in [0.25, 0.3) is 16.9 Å². The number of likely N-dealkylation sites (tertiary alicyclic amines) is 1. The van der Waals surface area contributed by atoms with Crippen LogP contribution in [0.4, 0.5) is 25.3 Å². The van der Waals surface area contributed by atoms with E-state index in [-0.39, 0.29) is 12.2 Å². The molecule has 1 amide bonds. The van der Waals surface area contributed by atoms with E-state index in [2.05, 4.69) is 63.6 Å². The van der Waals surface area contributed by atoms with Crippen LogP contribution in [0.15, 0.2) is 49.1 Å². The molecule has 0 saturated carbocycles. The number of nitrogens with zero attached hydrogens (tertiary/aromatic N) is 7. The van der Waals surface area contributed by atoms with Gasteiger partial charge in [0.05, 0.1) is 35.2 Å². The number of piperidine rings is 1. The highest BCUT2D eigenvalue weighted by Gasteiger charge is 2.20. The van der Waals surface area contributed by atoms with Crippen molar-refractivity contribution in [3.63, 3.8) is 0 Å². The molecule has 5 aromatic rings.